The van der Waals surface area contributed by atoms with E-state index >= 15 is 0 Å². The molecule has 1 aliphatic heterocycles. The zero-order valence-electron chi connectivity index (χ0n) is 12.4. The first-order chi connectivity index (χ1) is 10.3. The van der Waals surface area contributed by atoms with Crippen molar-refractivity contribution in [2.45, 2.75) is 24.8 Å². The highest BCUT2D eigenvalue weighted by molar-refractivity contribution is 5.47. The van der Waals surface area contributed by atoms with Crippen LogP contribution >= 0.6 is 0 Å². The highest BCUT2D eigenvalue weighted by atomic mass is 16.3. The van der Waals surface area contributed by atoms with E-state index in [0.717, 1.165) is 0 Å². The Labute approximate surface area is 126 Å². The lowest BCUT2D eigenvalue weighted by Crippen LogP contribution is -2.34. The van der Waals surface area contributed by atoms with Gasteiger partial charge in [0.15, 0.2) is 0 Å². The van der Waals surface area contributed by atoms with Crippen molar-refractivity contribution in [2.75, 3.05) is 13.6 Å². The maximum atomic E-state index is 9.56. The number of likely N-dealkylation sites (tertiary alicyclic amines) is 1. The van der Waals surface area contributed by atoms with E-state index in [0.29, 0.717) is 23.6 Å². The Morgan fingerprint density at radius 1 is 1.00 bits per heavy atom. The summed E-state index contributed by atoms with van der Waals surface area (Å²) in [6.45, 7) is 1.19. The lowest BCUT2D eigenvalue weighted by Gasteiger charge is -2.37. The summed E-state index contributed by atoms with van der Waals surface area (Å²) in [7, 11) is 2.26. The Balaban J connectivity index is 1.84. The van der Waals surface area contributed by atoms with Gasteiger partial charge in [-0.3, -0.25) is 4.90 Å². The highest BCUT2D eigenvalue weighted by Crippen LogP contribution is 2.54. The van der Waals surface area contributed by atoms with Crippen molar-refractivity contribution in [1.29, 1.82) is 0 Å². The number of nitrogens with zero attached hydrogens (tertiary/aromatic N) is 1. The number of hydrogen-bond acceptors (Lipinski definition) is 2. The predicted molar refractivity (Wildman–Crippen MR) is 84.5 cm³/mol. The second-order valence-corrected chi connectivity index (χ2v) is 6.43. The van der Waals surface area contributed by atoms with Crippen LogP contribution < -0.4 is 0 Å². The van der Waals surface area contributed by atoms with Gasteiger partial charge in [-0.1, -0.05) is 36.4 Å². The van der Waals surface area contributed by atoms with Crippen molar-refractivity contribution in [3.8, 4) is 5.75 Å². The molecule has 2 nitrogen and oxygen atoms in total. The zero-order valence-corrected chi connectivity index (χ0v) is 12.4. The number of phenols is 1. The van der Waals surface area contributed by atoms with Gasteiger partial charge >= 0.3 is 0 Å². The molecule has 1 N–H and O–H groups in total. The lowest BCUT2D eigenvalue weighted by atomic mass is 9.80. The first-order valence-electron chi connectivity index (χ1n) is 7.83. The molecule has 1 aliphatic carbocycles. The summed E-state index contributed by atoms with van der Waals surface area (Å²) >= 11 is 0. The molecular formula is C19H21NO. The van der Waals surface area contributed by atoms with Crippen LogP contribution in [0.3, 0.4) is 0 Å². The summed E-state index contributed by atoms with van der Waals surface area (Å²) in [5.41, 5.74) is 4.32. The quantitative estimate of drug-likeness (QED) is 0.855. The molecule has 0 spiro atoms. The average Bonchev–Trinajstić information content (AvgIpc) is 2.84. The van der Waals surface area contributed by atoms with Crippen molar-refractivity contribution in [3.63, 3.8) is 0 Å². The summed E-state index contributed by atoms with van der Waals surface area (Å²) in [6.07, 6.45) is 2.56. The summed E-state index contributed by atoms with van der Waals surface area (Å²) in [5, 5.41) is 9.56. The molecule has 3 atom stereocenters. The van der Waals surface area contributed by atoms with Crippen LogP contribution in [-0.2, 0) is 0 Å². The Kier molecular flexibility index (Phi) is 3.00. The van der Waals surface area contributed by atoms with E-state index < -0.39 is 0 Å². The van der Waals surface area contributed by atoms with Crippen LogP contribution in [0.2, 0.25) is 0 Å². The summed E-state index contributed by atoms with van der Waals surface area (Å²) in [4.78, 5) is 2.52. The fraction of sp³-hybridized carbons (Fsp3) is 0.368. The number of piperidine rings is 1. The molecule has 2 heteroatoms. The molecule has 0 bridgehead atoms. The van der Waals surface area contributed by atoms with Gasteiger partial charge in [-0.25, -0.2) is 0 Å². The third-order valence-corrected chi connectivity index (χ3v) is 5.26. The first-order valence-corrected chi connectivity index (χ1v) is 7.83. The molecule has 0 amide bonds. The van der Waals surface area contributed by atoms with Crippen LogP contribution in [0.15, 0.2) is 48.5 Å². The maximum absolute atomic E-state index is 9.56. The number of hydrogen-bond donors (Lipinski definition) is 1. The Hall–Kier alpha value is -1.80. The molecule has 21 heavy (non-hydrogen) atoms. The van der Waals surface area contributed by atoms with E-state index in [2.05, 4.69) is 48.3 Å². The second-order valence-electron chi connectivity index (χ2n) is 6.43. The molecule has 108 valence electrons. The van der Waals surface area contributed by atoms with Gasteiger partial charge in [0.25, 0.3) is 0 Å². The SMILES string of the molecule is CN1CCC[C@@H]2[C@@H](c3ccc(O)cc3)c3ccccc3[C@@H]21. The Morgan fingerprint density at radius 2 is 1.71 bits per heavy atom. The number of fused-ring (bicyclic) bond motifs is 3. The molecule has 0 unspecified atom stereocenters. The van der Waals surface area contributed by atoms with E-state index in [4.69, 9.17) is 0 Å². The Morgan fingerprint density at radius 3 is 2.48 bits per heavy atom. The van der Waals surface area contributed by atoms with E-state index in [1.54, 1.807) is 0 Å². The third kappa shape index (κ3) is 1.97. The van der Waals surface area contributed by atoms with Gasteiger partial charge in [-0.05, 0) is 61.2 Å². The fourth-order valence-electron chi connectivity index (χ4n) is 4.42. The van der Waals surface area contributed by atoms with Gasteiger partial charge in [0, 0.05) is 12.0 Å². The smallest absolute Gasteiger partial charge is 0.115 e. The highest BCUT2D eigenvalue weighted by Gasteiger charge is 2.44. The molecule has 4 rings (SSSR count). The van der Waals surface area contributed by atoms with E-state index in [-0.39, 0.29) is 0 Å². The van der Waals surface area contributed by atoms with Gasteiger partial charge in [0.05, 0.1) is 0 Å². The summed E-state index contributed by atoms with van der Waals surface area (Å²) in [5.74, 6) is 1.47. The average molecular weight is 279 g/mol. The van der Waals surface area contributed by atoms with Gasteiger partial charge in [-0.2, -0.15) is 0 Å². The molecule has 2 aromatic rings. The lowest BCUT2D eigenvalue weighted by molar-refractivity contribution is 0.127. The van der Waals surface area contributed by atoms with Crippen molar-refractivity contribution < 1.29 is 5.11 Å². The monoisotopic (exact) mass is 279 g/mol. The maximum Gasteiger partial charge on any atom is 0.115 e. The summed E-state index contributed by atoms with van der Waals surface area (Å²) in [6, 6.07) is 17.3. The molecule has 0 saturated carbocycles. The van der Waals surface area contributed by atoms with Gasteiger partial charge < -0.3 is 5.11 Å². The number of phenolic OH excluding ortho intramolecular Hbond substituents is 1. The normalized spacial score (nSPS) is 28.1. The van der Waals surface area contributed by atoms with Crippen molar-refractivity contribution in [1.82, 2.24) is 4.90 Å². The first kappa shape index (κ1) is 12.9. The van der Waals surface area contributed by atoms with Crippen molar-refractivity contribution in [2.24, 2.45) is 5.92 Å². The number of benzene rings is 2. The molecule has 2 aromatic carbocycles. The fourth-order valence-corrected chi connectivity index (χ4v) is 4.42. The van der Waals surface area contributed by atoms with E-state index in [9.17, 15) is 5.11 Å². The molecule has 2 aliphatic rings. The number of aromatic hydroxyl groups is 1. The molecule has 1 fully saturated rings. The van der Waals surface area contributed by atoms with Crippen LogP contribution in [0, 0.1) is 5.92 Å². The standard InChI is InChI=1S/C19H21NO/c1-20-12-4-7-17-18(13-8-10-14(21)11-9-13)15-5-2-3-6-16(15)19(17)20/h2-3,5-6,8-11,17-19,21H,4,7,12H2,1H3/t17-,18+,19+/m1/s1. The summed E-state index contributed by atoms with van der Waals surface area (Å²) < 4.78 is 0. The minimum Gasteiger partial charge on any atom is -0.508 e. The molecule has 0 aromatic heterocycles. The van der Waals surface area contributed by atoms with Crippen LogP contribution in [0.1, 0.15) is 41.5 Å². The van der Waals surface area contributed by atoms with Crippen molar-refractivity contribution >= 4 is 0 Å². The van der Waals surface area contributed by atoms with Gasteiger partial charge in [0.2, 0.25) is 0 Å². The zero-order chi connectivity index (χ0) is 14.4. The predicted octanol–water partition coefficient (Wildman–Crippen LogP) is 3.92. The van der Waals surface area contributed by atoms with Crippen LogP contribution in [0.5, 0.6) is 5.75 Å². The largest absolute Gasteiger partial charge is 0.508 e. The molecule has 1 heterocycles. The molecular weight excluding hydrogens is 258 g/mol. The molecule has 1 saturated heterocycles. The van der Waals surface area contributed by atoms with Crippen LogP contribution in [0.4, 0.5) is 0 Å². The minimum atomic E-state index is 0.349. The van der Waals surface area contributed by atoms with Gasteiger partial charge in [0.1, 0.15) is 5.75 Å². The minimum absolute atomic E-state index is 0.349. The second kappa shape index (κ2) is 4.88. The van der Waals surface area contributed by atoms with Crippen LogP contribution in [0.25, 0.3) is 0 Å². The van der Waals surface area contributed by atoms with Crippen LogP contribution in [-0.4, -0.2) is 23.6 Å². The number of rotatable bonds is 1. The van der Waals surface area contributed by atoms with E-state index in [1.165, 1.54) is 36.1 Å². The van der Waals surface area contributed by atoms with E-state index in [1.807, 2.05) is 12.1 Å². The van der Waals surface area contributed by atoms with Gasteiger partial charge in [-0.15, -0.1) is 0 Å². The third-order valence-electron chi connectivity index (χ3n) is 5.26. The topological polar surface area (TPSA) is 23.5 Å². The Bertz CT molecular complexity index is 649. The molecule has 0 radical (unpaired) electrons. The van der Waals surface area contributed by atoms with Crippen molar-refractivity contribution in [3.05, 3.63) is 65.2 Å².